The van der Waals surface area contributed by atoms with Gasteiger partial charge in [0.15, 0.2) is 5.82 Å². The molecule has 2 heterocycles. The van der Waals surface area contributed by atoms with E-state index in [0.717, 1.165) is 11.1 Å². The summed E-state index contributed by atoms with van der Waals surface area (Å²) in [5, 5.41) is 8.15. The maximum Gasteiger partial charge on any atom is 0.361 e. The van der Waals surface area contributed by atoms with Crippen LogP contribution in [0.5, 0.6) is 0 Å². The Morgan fingerprint density at radius 3 is 3.00 bits per heavy atom. The van der Waals surface area contributed by atoms with E-state index in [9.17, 15) is 4.79 Å². The molecule has 0 aromatic carbocycles. The number of hydrogen-bond acceptors (Lipinski definition) is 4. The quantitative estimate of drug-likeness (QED) is 0.707. The van der Waals surface area contributed by atoms with Crippen molar-refractivity contribution in [1.29, 1.82) is 0 Å². The van der Waals surface area contributed by atoms with Gasteiger partial charge in [-0.15, -0.1) is 11.3 Å². The van der Waals surface area contributed by atoms with E-state index in [2.05, 4.69) is 16.3 Å². The van der Waals surface area contributed by atoms with Crippen molar-refractivity contribution in [1.82, 2.24) is 14.9 Å². The highest BCUT2D eigenvalue weighted by molar-refractivity contribution is 7.09. The van der Waals surface area contributed by atoms with E-state index in [0.29, 0.717) is 12.2 Å². The molecule has 3 N–H and O–H groups in total. The van der Waals surface area contributed by atoms with Gasteiger partial charge in [0.2, 0.25) is 0 Å². The fourth-order valence-electron chi connectivity index (χ4n) is 1.20. The number of aromatic nitrogens is 3. The molecular weight excluding hydrogens is 200 g/mol. The van der Waals surface area contributed by atoms with Gasteiger partial charge in [-0.05, 0) is 17.9 Å². The zero-order valence-electron chi connectivity index (χ0n) is 7.43. The van der Waals surface area contributed by atoms with Crippen LogP contribution in [0.15, 0.2) is 22.3 Å². The van der Waals surface area contributed by atoms with E-state index in [1.807, 2.05) is 11.4 Å². The Balaban J connectivity index is 2.05. The second kappa shape index (κ2) is 3.67. The van der Waals surface area contributed by atoms with Gasteiger partial charge in [-0.3, -0.25) is 0 Å². The van der Waals surface area contributed by atoms with Crippen LogP contribution in [-0.4, -0.2) is 14.9 Å². The molecule has 0 radical (unpaired) electrons. The Morgan fingerprint density at radius 1 is 1.57 bits per heavy atom. The molecule has 2 rings (SSSR count). The highest BCUT2D eigenvalue weighted by atomic mass is 32.1. The molecule has 2 aromatic heterocycles. The van der Waals surface area contributed by atoms with Crippen LogP contribution in [0.4, 0.5) is 0 Å². The predicted molar refractivity (Wildman–Crippen MR) is 54.7 cm³/mol. The van der Waals surface area contributed by atoms with Crippen molar-refractivity contribution in [2.24, 2.45) is 0 Å². The van der Waals surface area contributed by atoms with Crippen molar-refractivity contribution < 1.29 is 0 Å². The van der Waals surface area contributed by atoms with Crippen LogP contribution in [0.2, 0.25) is 0 Å². The van der Waals surface area contributed by atoms with Crippen molar-refractivity contribution >= 4 is 11.3 Å². The summed E-state index contributed by atoms with van der Waals surface area (Å²) < 4.78 is 1.05. The second-order valence-corrected chi connectivity index (χ2v) is 3.93. The predicted octanol–water partition coefficient (Wildman–Crippen LogP) is 0.132. The lowest BCUT2D eigenvalue weighted by Crippen LogP contribution is -2.26. The molecule has 0 unspecified atom stereocenters. The van der Waals surface area contributed by atoms with Gasteiger partial charge in [-0.1, -0.05) is 6.07 Å². The Morgan fingerprint density at radius 2 is 2.43 bits per heavy atom. The number of nitrogens with one attached hydrogen (secondary N) is 1. The molecule has 0 aliphatic carbocycles. The number of nitrogens with zero attached hydrogens (tertiary/aromatic N) is 2. The minimum atomic E-state index is -0.369. The SMILES string of the molecule is Nn1c(CCc2cccs2)n[nH]c1=O. The van der Waals surface area contributed by atoms with Crippen molar-refractivity contribution in [3.8, 4) is 0 Å². The maximum atomic E-state index is 10.9. The van der Waals surface area contributed by atoms with E-state index in [1.54, 1.807) is 11.3 Å². The first kappa shape index (κ1) is 9.01. The van der Waals surface area contributed by atoms with Crippen LogP contribution in [0.3, 0.4) is 0 Å². The molecule has 2 aromatic rings. The van der Waals surface area contributed by atoms with Crippen LogP contribution in [0, 0.1) is 0 Å². The fraction of sp³-hybridized carbons (Fsp3) is 0.250. The van der Waals surface area contributed by atoms with Gasteiger partial charge in [-0.2, -0.15) is 9.77 Å². The molecule has 0 saturated heterocycles. The molecule has 0 aliphatic rings. The van der Waals surface area contributed by atoms with Crippen LogP contribution < -0.4 is 11.5 Å². The average molecular weight is 210 g/mol. The van der Waals surface area contributed by atoms with E-state index >= 15 is 0 Å². The standard InChI is InChI=1S/C8H10N4OS/c9-12-7(10-11-8(12)13)4-3-6-2-1-5-14-6/h1-2,5H,3-4,9H2,(H,11,13). The summed E-state index contributed by atoms with van der Waals surface area (Å²) >= 11 is 1.69. The summed E-state index contributed by atoms with van der Waals surface area (Å²) in [5.41, 5.74) is -0.369. The number of thiophene rings is 1. The fourth-order valence-corrected chi connectivity index (χ4v) is 1.91. The van der Waals surface area contributed by atoms with Gasteiger partial charge in [0.05, 0.1) is 0 Å². The molecule has 0 saturated carbocycles. The smallest absolute Gasteiger partial charge is 0.333 e. The number of aromatic amines is 1. The number of hydrogen-bond donors (Lipinski definition) is 2. The monoisotopic (exact) mass is 210 g/mol. The van der Waals surface area contributed by atoms with Crippen LogP contribution >= 0.6 is 11.3 Å². The van der Waals surface area contributed by atoms with Crippen molar-refractivity contribution in [2.45, 2.75) is 12.8 Å². The van der Waals surface area contributed by atoms with Crippen molar-refractivity contribution in [3.05, 3.63) is 38.7 Å². The lowest BCUT2D eigenvalue weighted by molar-refractivity contribution is 0.798. The number of rotatable bonds is 3. The Hall–Kier alpha value is -1.56. The Bertz CT molecular complexity index is 456. The van der Waals surface area contributed by atoms with Gasteiger partial charge in [-0.25, -0.2) is 9.89 Å². The third-order valence-electron chi connectivity index (χ3n) is 1.95. The summed E-state index contributed by atoms with van der Waals surface area (Å²) in [6.07, 6.45) is 1.54. The van der Waals surface area contributed by atoms with Crippen molar-refractivity contribution in [3.63, 3.8) is 0 Å². The molecule has 0 aliphatic heterocycles. The molecule has 0 amide bonds. The van der Waals surface area contributed by atoms with Crippen LogP contribution in [0.25, 0.3) is 0 Å². The third kappa shape index (κ3) is 1.69. The number of H-pyrrole nitrogens is 1. The summed E-state index contributed by atoms with van der Waals surface area (Å²) in [6, 6.07) is 4.05. The van der Waals surface area contributed by atoms with Crippen LogP contribution in [-0.2, 0) is 12.8 Å². The minimum Gasteiger partial charge on any atom is -0.333 e. The molecular formula is C8H10N4OS. The average Bonchev–Trinajstić information content (AvgIpc) is 2.77. The van der Waals surface area contributed by atoms with Crippen molar-refractivity contribution in [2.75, 3.05) is 5.84 Å². The summed E-state index contributed by atoms with van der Waals surface area (Å²) in [4.78, 5) is 12.2. The largest absolute Gasteiger partial charge is 0.361 e. The highest BCUT2D eigenvalue weighted by Crippen LogP contribution is 2.10. The molecule has 0 atom stereocenters. The van der Waals surface area contributed by atoms with E-state index in [1.165, 1.54) is 4.88 Å². The van der Waals surface area contributed by atoms with Gasteiger partial charge in [0.25, 0.3) is 0 Å². The highest BCUT2D eigenvalue weighted by Gasteiger charge is 2.04. The van der Waals surface area contributed by atoms with Gasteiger partial charge < -0.3 is 5.84 Å². The molecule has 0 spiro atoms. The zero-order valence-corrected chi connectivity index (χ0v) is 8.25. The summed E-state index contributed by atoms with van der Waals surface area (Å²) in [7, 11) is 0. The zero-order chi connectivity index (χ0) is 9.97. The number of nitrogen functional groups attached to an aromatic ring is 1. The van der Waals surface area contributed by atoms with Gasteiger partial charge >= 0.3 is 5.69 Å². The van der Waals surface area contributed by atoms with Gasteiger partial charge in [0, 0.05) is 11.3 Å². The lowest BCUT2D eigenvalue weighted by Gasteiger charge is -1.96. The maximum absolute atomic E-state index is 10.9. The molecule has 74 valence electrons. The van der Waals surface area contributed by atoms with E-state index in [4.69, 9.17) is 5.84 Å². The molecule has 6 heteroatoms. The first-order valence-electron chi connectivity index (χ1n) is 4.21. The normalized spacial score (nSPS) is 10.6. The first-order valence-corrected chi connectivity index (χ1v) is 5.09. The van der Waals surface area contributed by atoms with Crippen LogP contribution in [0.1, 0.15) is 10.7 Å². The van der Waals surface area contributed by atoms with E-state index in [-0.39, 0.29) is 5.69 Å². The molecule has 14 heavy (non-hydrogen) atoms. The molecule has 5 nitrogen and oxygen atoms in total. The van der Waals surface area contributed by atoms with E-state index < -0.39 is 0 Å². The summed E-state index contributed by atoms with van der Waals surface area (Å²) in [5.74, 6) is 6.04. The lowest BCUT2D eigenvalue weighted by atomic mass is 10.2. The number of nitrogens with two attached hydrogens (primary N) is 1. The summed E-state index contributed by atoms with van der Waals surface area (Å²) in [6.45, 7) is 0. The topological polar surface area (TPSA) is 76.7 Å². The Labute approximate surface area is 84.2 Å². The third-order valence-corrected chi connectivity index (χ3v) is 2.89. The first-order chi connectivity index (χ1) is 6.77. The Kier molecular flexibility index (Phi) is 2.36. The van der Waals surface area contributed by atoms with Gasteiger partial charge in [0.1, 0.15) is 0 Å². The molecule has 0 fully saturated rings. The second-order valence-electron chi connectivity index (χ2n) is 2.89. The molecule has 0 bridgehead atoms. The number of aryl methyl sites for hydroxylation is 2. The minimum absolute atomic E-state index is 0.369.